The number of carbonyl (C=O) groups excluding carboxylic acids is 1. The van der Waals surface area contributed by atoms with Crippen LogP contribution in [0.2, 0.25) is 0 Å². The molecule has 4 heterocycles. The van der Waals surface area contributed by atoms with E-state index in [4.69, 9.17) is 8.94 Å². The van der Waals surface area contributed by atoms with Gasteiger partial charge >= 0.3 is 0 Å². The molecule has 4 rings (SSSR count). The lowest BCUT2D eigenvalue weighted by molar-refractivity contribution is 0.0618. The van der Waals surface area contributed by atoms with E-state index >= 15 is 0 Å². The van der Waals surface area contributed by atoms with E-state index in [2.05, 4.69) is 20.0 Å². The number of hydrogen-bond acceptors (Lipinski definition) is 8. The van der Waals surface area contributed by atoms with Crippen molar-refractivity contribution in [1.82, 2.24) is 24.9 Å². The van der Waals surface area contributed by atoms with Gasteiger partial charge in [0.05, 0.1) is 11.4 Å². The van der Waals surface area contributed by atoms with Crippen molar-refractivity contribution < 1.29 is 13.7 Å². The van der Waals surface area contributed by atoms with Gasteiger partial charge in [-0.25, -0.2) is 4.98 Å². The van der Waals surface area contributed by atoms with Crippen molar-refractivity contribution in [3.05, 3.63) is 41.2 Å². The van der Waals surface area contributed by atoms with E-state index in [9.17, 15) is 4.79 Å². The number of oxazole rings is 1. The standard InChI is InChI=1S/C17H19N5O3S/c1-2-15-18-12(11-24-15)17(23)22-7-5-21(6-8-22)10-14-19-16(25-20-14)13-4-3-9-26-13/h3-4,9,11H,2,5-8,10H2,1H3. The summed E-state index contributed by atoms with van der Waals surface area (Å²) >= 11 is 1.57. The third-order valence-corrected chi connectivity index (χ3v) is 5.16. The predicted molar refractivity (Wildman–Crippen MR) is 94.7 cm³/mol. The maximum atomic E-state index is 12.5. The molecule has 0 spiro atoms. The Bertz CT molecular complexity index is 865. The Hall–Kier alpha value is -2.52. The molecule has 0 N–H and O–H groups in total. The Balaban J connectivity index is 1.31. The lowest BCUT2D eigenvalue weighted by atomic mass is 10.3. The molecule has 1 aliphatic rings. The summed E-state index contributed by atoms with van der Waals surface area (Å²) < 4.78 is 10.6. The van der Waals surface area contributed by atoms with Gasteiger partial charge < -0.3 is 13.8 Å². The molecule has 136 valence electrons. The number of piperazine rings is 1. The quantitative estimate of drug-likeness (QED) is 0.678. The number of rotatable bonds is 5. The van der Waals surface area contributed by atoms with Gasteiger partial charge in [-0.1, -0.05) is 18.1 Å². The lowest BCUT2D eigenvalue weighted by Crippen LogP contribution is -2.48. The van der Waals surface area contributed by atoms with Crippen LogP contribution in [0.15, 0.2) is 32.7 Å². The molecular weight excluding hydrogens is 354 g/mol. The van der Waals surface area contributed by atoms with Crippen LogP contribution in [-0.2, 0) is 13.0 Å². The van der Waals surface area contributed by atoms with Gasteiger partial charge in [-0.15, -0.1) is 11.3 Å². The number of thiophene rings is 1. The molecule has 3 aromatic heterocycles. The summed E-state index contributed by atoms with van der Waals surface area (Å²) in [6.07, 6.45) is 2.12. The van der Waals surface area contributed by atoms with Crippen molar-refractivity contribution in [3.63, 3.8) is 0 Å². The Morgan fingerprint density at radius 2 is 2.12 bits per heavy atom. The van der Waals surface area contributed by atoms with E-state index in [1.165, 1.54) is 6.26 Å². The van der Waals surface area contributed by atoms with E-state index in [1.54, 1.807) is 16.2 Å². The molecule has 1 amide bonds. The second-order valence-electron chi connectivity index (χ2n) is 6.04. The summed E-state index contributed by atoms with van der Waals surface area (Å²) in [5.41, 5.74) is 0.383. The average Bonchev–Trinajstić information content (AvgIpc) is 3.42. The molecule has 1 fully saturated rings. The fourth-order valence-electron chi connectivity index (χ4n) is 2.86. The normalized spacial score (nSPS) is 15.5. The van der Waals surface area contributed by atoms with Gasteiger partial charge in [0.15, 0.2) is 17.4 Å². The van der Waals surface area contributed by atoms with Crippen LogP contribution in [0, 0.1) is 0 Å². The molecule has 3 aromatic rings. The molecule has 0 radical (unpaired) electrons. The summed E-state index contributed by atoms with van der Waals surface area (Å²) in [6.45, 7) is 5.35. The van der Waals surface area contributed by atoms with Gasteiger partial charge in [-0.3, -0.25) is 9.69 Å². The molecule has 1 saturated heterocycles. The minimum atomic E-state index is -0.0763. The minimum Gasteiger partial charge on any atom is -0.448 e. The molecule has 0 aliphatic carbocycles. The average molecular weight is 373 g/mol. The zero-order chi connectivity index (χ0) is 17.9. The number of aromatic nitrogens is 3. The first-order valence-corrected chi connectivity index (χ1v) is 9.43. The topological polar surface area (TPSA) is 88.5 Å². The molecule has 0 saturated carbocycles. The van der Waals surface area contributed by atoms with Crippen molar-refractivity contribution in [1.29, 1.82) is 0 Å². The molecule has 0 unspecified atom stereocenters. The fraction of sp³-hybridized carbons (Fsp3) is 0.412. The van der Waals surface area contributed by atoms with Gasteiger partial charge in [0.1, 0.15) is 6.26 Å². The summed E-state index contributed by atoms with van der Waals surface area (Å²) in [7, 11) is 0. The monoisotopic (exact) mass is 373 g/mol. The molecule has 0 atom stereocenters. The second kappa shape index (κ2) is 7.38. The Morgan fingerprint density at radius 3 is 2.81 bits per heavy atom. The summed E-state index contributed by atoms with van der Waals surface area (Å²) in [5, 5.41) is 6.04. The van der Waals surface area contributed by atoms with Crippen LogP contribution in [0.1, 0.15) is 29.1 Å². The van der Waals surface area contributed by atoms with E-state index < -0.39 is 0 Å². The largest absolute Gasteiger partial charge is 0.448 e. The third-order valence-electron chi connectivity index (χ3n) is 4.30. The lowest BCUT2D eigenvalue weighted by Gasteiger charge is -2.33. The van der Waals surface area contributed by atoms with Gasteiger partial charge in [0.25, 0.3) is 11.8 Å². The Labute approximate surface area is 154 Å². The molecule has 9 heteroatoms. The zero-order valence-electron chi connectivity index (χ0n) is 14.4. The molecule has 0 bridgehead atoms. The fourth-order valence-corrected chi connectivity index (χ4v) is 3.51. The van der Waals surface area contributed by atoms with Crippen molar-refractivity contribution in [2.45, 2.75) is 19.9 Å². The van der Waals surface area contributed by atoms with Crippen molar-refractivity contribution >= 4 is 17.2 Å². The second-order valence-corrected chi connectivity index (χ2v) is 6.99. The van der Waals surface area contributed by atoms with Crippen LogP contribution in [0.25, 0.3) is 10.8 Å². The summed E-state index contributed by atoms with van der Waals surface area (Å²) in [5.74, 6) is 1.73. The SMILES string of the molecule is CCc1nc(C(=O)N2CCN(Cc3noc(-c4cccs4)n3)CC2)co1. The van der Waals surface area contributed by atoms with Crippen molar-refractivity contribution in [2.75, 3.05) is 26.2 Å². The van der Waals surface area contributed by atoms with E-state index in [0.717, 1.165) is 18.0 Å². The summed E-state index contributed by atoms with van der Waals surface area (Å²) in [4.78, 5) is 26.1. The van der Waals surface area contributed by atoms with Crippen LogP contribution < -0.4 is 0 Å². The predicted octanol–water partition coefficient (Wildman–Crippen LogP) is 2.31. The number of hydrogen-bond donors (Lipinski definition) is 0. The van der Waals surface area contributed by atoms with Gasteiger partial charge in [-0.05, 0) is 11.4 Å². The van der Waals surface area contributed by atoms with Crippen molar-refractivity contribution in [2.24, 2.45) is 0 Å². The van der Waals surface area contributed by atoms with E-state index in [-0.39, 0.29) is 5.91 Å². The van der Waals surface area contributed by atoms with Gasteiger partial charge in [0.2, 0.25) is 0 Å². The number of nitrogens with zero attached hydrogens (tertiary/aromatic N) is 5. The van der Waals surface area contributed by atoms with Crippen LogP contribution in [0.3, 0.4) is 0 Å². The Morgan fingerprint density at radius 1 is 1.27 bits per heavy atom. The maximum absolute atomic E-state index is 12.5. The molecule has 26 heavy (non-hydrogen) atoms. The smallest absolute Gasteiger partial charge is 0.275 e. The van der Waals surface area contributed by atoms with Crippen LogP contribution in [-0.4, -0.2) is 57.0 Å². The molecular formula is C17H19N5O3S. The maximum Gasteiger partial charge on any atom is 0.275 e. The van der Waals surface area contributed by atoms with Crippen LogP contribution in [0.4, 0.5) is 0 Å². The highest BCUT2D eigenvalue weighted by Gasteiger charge is 2.25. The first kappa shape index (κ1) is 16.9. The first-order chi connectivity index (χ1) is 12.7. The Kier molecular flexibility index (Phi) is 4.81. The summed E-state index contributed by atoms with van der Waals surface area (Å²) in [6, 6.07) is 3.92. The molecule has 8 nitrogen and oxygen atoms in total. The first-order valence-electron chi connectivity index (χ1n) is 8.55. The van der Waals surface area contributed by atoms with Crippen LogP contribution in [0.5, 0.6) is 0 Å². The highest BCUT2D eigenvalue weighted by atomic mass is 32.1. The van der Waals surface area contributed by atoms with Gasteiger partial charge in [0, 0.05) is 32.6 Å². The van der Waals surface area contributed by atoms with Crippen LogP contribution >= 0.6 is 11.3 Å². The number of aryl methyl sites for hydroxylation is 1. The third kappa shape index (κ3) is 3.54. The van der Waals surface area contributed by atoms with E-state index in [0.29, 0.717) is 49.4 Å². The highest BCUT2D eigenvalue weighted by Crippen LogP contribution is 2.22. The van der Waals surface area contributed by atoms with Crippen molar-refractivity contribution in [3.8, 4) is 10.8 Å². The molecule has 0 aromatic carbocycles. The minimum absolute atomic E-state index is 0.0763. The highest BCUT2D eigenvalue weighted by molar-refractivity contribution is 7.13. The molecule has 1 aliphatic heterocycles. The zero-order valence-corrected chi connectivity index (χ0v) is 15.2. The number of carbonyl (C=O) groups is 1. The van der Waals surface area contributed by atoms with E-state index in [1.807, 2.05) is 24.4 Å². The van der Waals surface area contributed by atoms with Gasteiger partial charge in [-0.2, -0.15) is 4.98 Å². The number of amides is 1.